The van der Waals surface area contributed by atoms with E-state index >= 15 is 0 Å². The van der Waals surface area contributed by atoms with Crippen LogP contribution in [0.1, 0.15) is 40.0 Å². The number of benzene rings is 1. The number of aromatic nitrogens is 2. The number of carbonyl (C=O) groups excluding carboxylic acids is 1. The van der Waals surface area contributed by atoms with Crippen molar-refractivity contribution in [1.82, 2.24) is 14.7 Å². The minimum absolute atomic E-state index is 0.0389. The minimum atomic E-state index is -0.420. The van der Waals surface area contributed by atoms with Gasteiger partial charge in [-0.05, 0) is 38.0 Å². The molecule has 2 aromatic heterocycles. The Hall–Kier alpha value is -2.95. The van der Waals surface area contributed by atoms with E-state index in [1.165, 1.54) is 10.6 Å². The molecule has 3 rings (SSSR count). The zero-order valence-electron chi connectivity index (χ0n) is 13.9. The molecule has 0 aliphatic rings. The molecule has 0 aliphatic carbocycles. The van der Waals surface area contributed by atoms with E-state index in [4.69, 9.17) is 0 Å². The van der Waals surface area contributed by atoms with Crippen molar-refractivity contribution < 1.29 is 4.79 Å². The average Bonchev–Trinajstić information content (AvgIpc) is 2.56. The molecule has 0 fully saturated rings. The van der Waals surface area contributed by atoms with Gasteiger partial charge in [-0.25, -0.2) is 4.98 Å². The molecule has 2 heterocycles. The summed E-state index contributed by atoms with van der Waals surface area (Å²) in [6.07, 6.45) is 3.02. The molecule has 0 bridgehead atoms. The molecule has 1 atom stereocenters. The van der Waals surface area contributed by atoms with E-state index < -0.39 is 5.91 Å². The van der Waals surface area contributed by atoms with Gasteiger partial charge >= 0.3 is 0 Å². The number of amides is 1. The average molecular weight is 321 g/mol. The number of nitrogens with one attached hydrogen (secondary N) is 1. The van der Waals surface area contributed by atoms with Crippen LogP contribution >= 0.6 is 0 Å². The lowest BCUT2D eigenvalue weighted by molar-refractivity contribution is 0.0938. The summed E-state index contributed by atoms with van der Waals surface area (Å²) in [4.78, 5) is 29.2. The predicted octanol–water partition coefficient (Wildman–Crippen LogP) is 2.80. The van der Waals surface area contributed by atoms with Crippen molar-refractivity contribution in [2.75, 3.05) is 0 Å². The summed E-state index contributed by atoms with van der Waals surface area (Å²) in [7, 11) is 0. The number of rotatable bonds is 3. The maximum atomic E-state index is 12.5. The Labute approximate surface area is 140 Å². The summed E-state index contributed by atoms with van der Waals surface area (Å²) >= 11 is 0. The fourth-order valence-electron chi connectivity index (χ4n) is 2.55. The molecule has 5 heteroatoms. The van der Waals surface area contributed by atoms with Gasteiger partial charge in [0.1, 0.15) is 11.2 Å². The van der Waals surface area contributed by atoms with Crippen molar-refractivity contribution in [1.29, 1.82) is 0 Å². The highest BCUT2D eigenvalue weighted by Crippen LogP contribution is 2.13. The Morgan fingerprint density at radius 1 is 1.08 bits per heavy atom. The van der Waals surface area contributed by atoms with Gasteiger partial charge in [0.05, 0.1) is 6.04 Å². The first-order chi connectivity index (χ1) is 11.5. The highest BCUT2D eigenvalue weighted by Gasteiger charge is 2.16. The van der Waals surface area contributed by atoms with E-state index in [0.717, 1.165) is 16.7 Å². The second kappa shape index (κ2) is 6.28. The van der Waals surface area contributed by atoms with Crippen molar-refractivity contribution >= 4 is 11.6 Å². The largest absolute Gasteiger partial charge is 0.345 e. The number of nitrogens with zero attached hydrogens (tertiary/aromatic N) is 2. The summed E-state index contributed by atoms with van der Waals surface area (Å²) in [6, 6.07) is 11.4. The number of hydrogen-bond donors (Lipinski definition) is 1. The van der Waals surface area contributed by atoms with Crippen LogP contribution in [-0.4, -0.2) is 15.3 Å². The molecule has 122 valence electrons. The number of carbonyl (C=O) groups is 1. The van der Waals surface area contributed by atoms with Crippen molar-refractivity contribution in [3.63, 3.8) is 0 Å². The molecule has 0 spiro atoms. The van der Waals surface area contributed by atoms with Crippen LogP contribution in [0.2, 0.25) is 0 Å². The highest BCUT2D eigenvalue weighted by atomic mass is 16.2. The molecule has 1 amide bonds. The summed E-state index contributed by atoms with van der Waals surface area (Å²) < 4.78 is 1.40. The van der Waals surface area contributed by atoms with Crippen molar-refractivity contribution in [2.45, 2.75) is 26.8 Å². The van der Waals surface area contributed by atoms with Crippen LogP contribution in [-0.2, 0) is 0 Å². The second-order valence-corrected chi connectivity index (χ2v) is 6.02. The smallest absolute Gasteiger partial charge is 0.270 e. The summed E-state index contributed by atoms with van der Waals surface area (Å²) in [5, 5.41) is 2.86. The zero-order chi connectivity index (χ0) is 17.3. The van der Waals surface area contributed by atoms with Gasteiger partial charge in [0.2, 0.25) is 0 Å². The third-order valence-corrected chi connectivity index (χ3v) is 4.02. The molecule has 1 aromatic carbocycles. The molecule has 3 aromatic rings. The van der Waals surface area contributed by atoms with Gasteiger partial charge in [-0.2, -0.15) is 0 Å². The normalized spacial score (nSPS) is 12.1. The predicted molar refractivity (Wildman–Crippen MR) is 93.3 cm³/mol. The van der Waals surface area contributed by atoms with Gasteiger partial charge in [0, 0.05) is 12.4 Å². The van der Waals surface area contributed by atoms with Crippen LogP contribution < -0.4 is 10.9 Å². The highest BCUT2D eigenvalue weighted by molar-refractivity contribution is 5.94. The summed E-state index contributed by atoms with van der Waals surface area (Å²) in [6.45, 7) is 5.79. The first-order valence-corrected chi connectivity index (χ1v) is 7.81. The third-order valence-electron chi connectivity index (χ3n) is 4.02. The molecule has 5 nitrogen and oxygen atoms in total. The lowest BCUT2D eigenvalue weighted by atomic mass is 10.1. The Balaban J connectivity index is 1.90. The monoisotopic (exact) mass is 321 g/mol. The Morgan fingerprint density at radius 3 is 2.46 bits per heavy atom. The third kappa shape index (κ3) is 3.06. The molecule has 24 heavy (non-hydrogen) atoms. The van der Waals surface area contributed by atoms with Crippen LogP contribution in [0.3, 0.4) is 0 Å². The van der Waals surface area contributed by atoms with Gasteiger partial charge in [0.25, 0.3) is 11.5 Å². The lowest BCUT2D eigenvalue weighted by Crippen LogP contribution is -2.33. The first kappa shape index (κ1) is 15.9. The van der Waals surface area contributed by atoms with Crippen LogP contribution in [0.15, 0.2) is 53.6 Å². The Bertz CT molecular complexity index is 959. The Morgan fingerprint density at radius 2 is 1.75 bits per heavy atom. The van der Waals surface area contributed by atoms with Crippen molar-refractivity contribution in [3.05, 3.63) is 81.4 Å². The fraction of sp³-hybridized carbons (Fsp3) is 0.211. The number of hydrogen-bond acceptors (Lipinski definition) is 3. The van der Waals surface area contributed by atoms with E-state index in [1.54, 1.807) is 12.3 Å². The molecule has 0 radical (unpaired) electrons. The van der Waals surface area contributed by atoms with E-state index in [9.17, 15) is 9.59 Å². The minimum Gasteiger partial charge on any atom is -0.345 e. The van der Waals surface area contributed by atoms with Gasteiger partial charge in [-0.15, -0.1) is 0 Å². The SMILES string of the molecule is Cc1ccc(C(C)NC(=O)c2cnc3ccc(C)cn3c2=O)cc1. The molecule has 0 aliphatic heterocycles. The zero-order valence-corrected chi connectivity index (χ0v) is 13.9. The van der Waals surface area contributed by atoms with E-state index in [-0.39, 0.29) is 17.2 Å². The molecular weight excluding hydrogens is 302 g/mol. The van der Waals surface area contributed by atoms with Gasteiger partial charge < -0.3 is 5.32 Å². The van der Waals surface area contributed by atoms with E-state index in [0.29, 0.717) is 5.65 Å². The van der Waals surface area contributed by atoms with Gasteiger partial charge in [-0.1, -0.05) is 35.9 Å². The summed E-state index contributed by atoms with van der Waals surface area (Å²) in [5.74, 6) is -0.420. The van der Waals surface area contributed by atoms with E-state index in [1.807, 2.05) is 51.1 Å². The molecule has 0 saturated carbocycles. The van der Waals surface area contributed by atoms with Crippen LogP contribution in [0.25, 0.3) is 5.65 Å². The van der Waals surface area contributed by atoms with Crippen LogP contribution in [0.5, 0.6) is 0 Å². The maximum Gasteiger partial charge on any atom is 0.270 e. The number of pyridine rings is 1. The molecule has 1 unspecified atom stereocenters. The Kier molecular flexibility index (Phi) is 4.16. The standard InChI is InChI=1S/C19H19N3O2/c1-12-4-7-15(8-5-12)14(3)21-18(23)16-10-20-17-9-6-13(2)11-22(17)19(16)24/h4-11,14H,1-3H3,(H,21,23). The molecular formula is C19H19N3O2. The van der Waals surface area contributed by atoms with Crippen molar-refractivity contribution in [2.24, 2.45) is 0 Å². The number of fused-ring (bicyclic) bond motifs is 1. The van der Waals surface area contributed by atoms with Gasteiger partial charge in [-0.3, -0.25) is 14.0 Å². The topological polar surface area (TPSA) is 63.5 Å². The molecule has 0 saturated heterocycles. The number of aryl methyl sites for hydroxylation is 2. The van der Waals surface area contributed by atoms with Crippen LogP contribution in [0.4, 0.5) is 0 Å². The lowest BCUT2D eigenvalue weighted by Gasteiger charge is -2.14. The van der Waals surface area contributed by atoms with E-state index in [2.05, 4.69) is 10.3 Å². The van der Waals surface area contributed by atoms with Crippen molar-refractivity contribution in [3.8, 4) is 0 Å². The molecule has 1 N–H and O–H groups in total. The first-order valence-electron chi connectivity index (χ1n) is 7.81. The van der Waals surface area contributed by atoms with Gasteiger partial charge in [0.15, 0.2) is 0 Å². The fourth-order valence-corrected chi connectivity index (χ4v) is 2.55. The summed E-state index contributed by atoms with van der Waals surface area (Å²) in [5.41, 5.74) is 3.27. The second-order valence-electron chi connectivity index (χ2n) is 6.02. The quantitative estimate of drug-likeness (QED) is 0.807. The van der Waals surface area contributed by atoms with Crippen LogP contribution in [0, 0.1) is 13.8 Å². The maximum absolute atomic E-state index is 12.5.